The number of ether oxygens (including phenoxy) is 2. The summed E-state index contributed by atoms with van der Waals surface area (Å²) in [7, 11) is 0. The van der Waals surface area contributed by atoms with Crippen LogP contribution in [0, 0.1) is 0 Å². The maximum Gasteiger partial charge on any atom is 0.120 e. The van der Waals surface area contributed by atoms with Crippen molar-refractivity contribution < 1.29 is 9.47 Å². The van der Waals surface area contributed by atoms with Gasteiger partial charge in [-0.15, -0.1) is 0 Å². The molecular formula is C17H28N2O2. The highest BCUT2D eigenvalue weighted by Crippen LogP contribution is 2.26. The van der Waals surface area contributed by atoms with Crippen molar-refractivity contribution >= 4 is 0 Å². The topological polar surface area (TPSA) is 47.7 Å². The second kappa shape index (κ2) is 7.78. The fourth-order valence-electron chi connectivity index (χ4n) is 2.84. The summed E-state index contributed by atoms with van der Waals surface area (Å²) in [5.41, 5.74) is 7.28. The van der Waals surface area contributed by atoms with Gasteiger partial charge in [0.2, 0.25) is 0 Å². The molecule has 1 fully saturated rings. The van der Waals surface area contributed by atoms with E-state index in [1.165, 1.54) is 5.56 Å². The standard InChI is InChI=1S/C17H28N2O2/c1-4-15-12-19(8-9-20-15)17(11-18)14-6-5-7-16(10-14)21-13(2)3/h5-7,10,13,15,17H,4,8-9,11-12,18H2,1-3H3. The lowest BCUT2D eigenvalue weighted by molar-refractivity contribution is -0.0437. The van der Waals surface area contributed by atoms with Gasteiger partial charge >= 0.3 is 0 Å². The number of nitrogens with two attached hydrogens (primary N) is 1. The number of hydrogen-bond donors (Lipinski definition) is 1. The fourth-order valence-corrected chi connectivity index (χ4v) is 2.84. The van der Waals surface area contributed by atoms with Crippen molar-refractivity contribution in [2.75, 3.05) is 26.2 Å². The average Bonchev–Trinajstić information content (AvgIpc) is 2.48. The van der Waals surface area contributed by atoms with Crippen LogP contribution in [0.2, 0.25) is 0 Å². The molecule has 2 atom stereocenters. The molecule has 118 valence electrons. The summed E-state index contributed by atoms with van der Waals surface area (Å²) in [5.74, 6) is 0.918. The van der Waals surface area contributed by atoms with Gasteiger partial charge in [-0.3, -0.25) is 4.90 Å². The van der Waals surface area contributed by atoms with Crippen LogP contribution in [-0.2, 0) is 4.74 Å². The summed E-state index contributed by atoms with van der Waals surface area (Å²) in [6, 6.07) is 8.55. The smallest absolute Gasteiger partial charge is 0.120 e. The molecule has 0 saturated carbocycles. The first-order chi connectivity index (χ1) is 10.1. The van der Waals surface area contributed by atoms with Gasteiger partial charge < -0.3 is 15.2 Å². The highest BCUT2D eigenvalue weighted by molar-refractivity contribution is 5.31. The van der Waals surface area contributed by atoms with Gasteiger partial charge in [-0.25, -0.2) is 0 Å². The van der Waals surface area contributed by atoms with E-state index in [9.17, 15) is 0 Å². The van der Waals surface area contributed by atoms with Crippen molar-refractivity contribution in [3.05, 3.63) is 29.8 Å². The van der Waals surface area contributed by atoms with Gasteiger partial charge in [-0.2, -0.15) is 0 Å². The lowest BCUT2D eigenvalue weighted by Crippen LogP contribution is -2.46. The molecule has 2 rings (SSSR count). The van der Waals surface area contributed by atoms with E-state index < -0.39 is 0 Å². The highest BCUT2D eigenvalue weighted by atomic mass is 16.5. The van der Waals surface area contributed by atoms with Gasteiger partial charge in [0.1, 0.15) is 5.75 Å². The first-order valence-electron chi connectivity index (χ1n) is 7.96. The van der Waals surface area contributed by atoms with E-state index in [1.54, 1.807) is 0 Å². The Balaban J connectivity index is 2.12. The van der Waals surface area contributed by atoms with Crippen LogP contribution in [0.15, 0.2) is 24.3 Å². The minimum atomic E-state index is 0.185. The van der Waals surface area contributed by atoms with Crippen LogP contribution in [0.25, 0.3) is 0 Å². The van der Waals surface area contributed by atoms with Crippen molar-refractivity contribution in [2.45, 2.75) is 45.4 Å². The monoisotopic (exact) mass is 292 g/mol. The molecule has 0 spiro atoms. The fraction of sp³-hybridized carbons (Fsp3) is 0.647. The third-order valence-corrected chi connectivity index (χ3v) is 3.90. The van der Waals surface area contributed by atoms with Crippen LogP contribution in [0.4, 0.5) is 0 Å². The zero-order valence-electron chi connectivity index (χ0n) is 13.4. The minimum Gasteiger partial charge on any atom is -0.491 e. The third-order valence-electron chi connectivity index (χ3n) is 3.90. The van der Waals surface area contributed by atoms with E-state index in [0.717, 1.165) is 31.9 Å². The Bertz CT molecular complexity index is 437. The third kappa shape index (κ3) is 4.43. The van der Waals surface area contributed by atoms with Crippen LogP contribution in [0.3, 0.4) is 0 Å². The Morgan fingerprint density at radius 1 is 1.43 bits per heavy atom. The Morgan fingerprint density at radius 3 is 2.90 bits per heavy atom. The molecule has 0 radical (unpaired) electrons. The molecule has 1 heterocycles. The van der Waals surface area contributed by atoms with Gasteiger partial charge in [0.05, 0.1) is 18.8 Å². The van der Waals surface area contributed by atoms with E-state index in [2.05, 4.69) is 24.0 Å². The van der Waals surface area contributed by atoms with E-state index >= 15 is 0 Å². The molecule has 0 bridgehead atoms. The molecule has 0 aliphatic carbocycles. The Hall–Kier alpha value is -1.10. The Morgan fingerprint density at radius 2 is 2.24 bits per heavy atom. The van der Waals surface area contributed by atoms with Crippen molar-refractivity contribution in [2.24, 2.45) is 5.73 Å². The maximum atomic E-state index is 6.05. The van der Waals surface area contributed by atoms with Gasteiger partial charge in [-0.05, 0) is 38.0 Å². The van der Waals surface area contributed by atoms with Crippen molar-refractivity contribution in [1.29, 1.82) is 0 Å². The number of hydrogen-bond acceptors (Lipinski definition) is 4. The molecule has 0 aromatic heterocycles. The second-order valence-electron chi connectivity index (χ2n) is 5.89. The largest absolute Gasteiger partial charge is 0.491 e. The normalized spacial score (nSPS) is 21.5. The summed E-state index contributed by atoms with van der Waals surface area (Å²) in [6.45, 7) is 9.55. The number of benzene rings is 1. The minimum absolute atomic E-state index is 0.185. The zero-order chi connectivity index (χ0) is 15.2. The summed E-state index contributed by atoms with van der Waals surface area (Å²) >= 11 is 0. The molecule has 21 heavy (non-hydrogen) atoms. The summed E-state index contributed by atoms with van der Waals surface area (Å²) in [6.07, 6.45) is 1.55. The quantitative estimate of drug-likeness (QED) is 0.875. The molecule has 0 amide bonds. The maximum absolute atomic E-state index is 6.05. The number of rotatable bonds is 6. The van der Waals surface area contributed by atoms with Gasteiger partial charge in [0, 0.05) is 25.7 Å². The molecule has 1 aliphatic heterocycles. The molecule has 4 nitrogen and oxygen atoms in total. The highest BCUT2D eigenvalue weighted by Gasteiger charge is 2.26. The summed E-state index contributed by atoms with van der Waals surface area (Å²) < 4.78 is 11.6. The predicted molar refractivity (Wildman–Crippen MR) is 85.6 cm³/mol. The molecular weight excluding hydrogens is 264 g/mol. The van der Waals surface area contributed by atoms with Crippen molar-refractivity contribution in [1.82, 2.24) is 4.90 Å². The SMILES string of the molecule is CCC1CN(C(CN)c2cccc(OC(C)C)c2)CCO1. The van der Waals surface area contributed by atoms with Crippen molar-refractivity contribution in [3.63, 3.8) is 0 Å². The van der Waals surface area contributed by atoms with Crippen molar-refractivity contribution in [3.8, 4) is 5.75 Å². The van der Waals surface area contributed by atoms with E-state index in [-0.39, 0.29) is 12.1 Å². The molecule has 2 unspecified atom stereocenters. The average molecular weight is 292 g/mol. The predicted octanol–water partition coefficient (Wildman–Crippen LogP) is 2.58. The molecule has 1 aromatic rings. The van der Waals surface area contributed by atoms with E-state index in [4.69, 9.17) is 15.2 Å². The number of morpholine rings is 1. The molecule has 1 saturated heterocycles. The second-order valence-corrected chi connectivity index (χ2v) is 5.89. The van der Waals surface area contributed by atoms with Crippen LogP contribution < -0.4 is 10.5 Å². The summed E-state index contributed by atoms with van der Waals surface area (Å²) in [4.78, 5) is 2.44. The Kier molecular flexibility index (Phi) is 6.03. The molecule has 1 aliphatic rings. The number of nitrogens with zero attached hydrogens (tertiary/aromatic N) is 1. The zero-order valence-corrected chi connectivity index (χ0v) is 13.4. The molecule has 1 aromatic carbocycles. The molecule has 4 heteroatoms. The first kappa shape index (κ1) is 16.3. The summed E-state index contributed by atoms with van der Waals surface area (Å²) in [5, 5.41) is 0. The van der Waals surface area contributed by atoms with Crippen LogP contribution in [0.1, 0.15) is 38.8 Å². The van der Waals surface area contributed by atoms with E-state index in [0.29, 0.717) is 12.6 Å². The Labute approximate surface area is 128 Å². The van der Waals surface area contributed by atoms with Gasteiger partial charge in [0.15, 0.2) is 0 Å². The lowest BCUT2D eigenvalue weighted by atomic mass is 10.0. The van der Waals surface area contributed by atoms with Gasteiger partial charge in [-0.1, -0.05) is 19.1 Å². The first-order valence-corrected chi connectivity index (χ1v) is 7.96. The molecule has 2 N–H and O–H groups in total. The van der Waals surface area contributed by atoms with Crippen LogP contribution in [0.5, 0.6) is 5.75 Å². The van der Waals surface area contributed by atoms with Gasteiger partial charge in [0.25, 0.3) is 0 Å². The van der Waals surface area contributed by atoms with Crippen LogP contribution in [-0.4, -0.2) is 43.3 Å². The van der Waals surface area contributed by atoms with E-state index in [1.807, 2.05) is 26.0 Å². The van der Waals surface area contributed by atoms with Crippen LogP contribution >= 0.6 is 0 Å². The lowest BCUT2D eigenvalue weighted by Gasteiger charge is -2.38.